The van der Waals surface area contributed by atoms with Gasteiger partial charge in [-0.25, -0.2) is 8.42 Å². The van der Waals surface area contributed by atoms with Gasteiger partial charge in [0.15, 0.2) is 0 Å². The van der Waals surface area contributed by atoms with Crippen LogP contribution in [0, 0.1) is 0 Å². The molecule has 2 aromatic carbocycles. The molecule has 0 aromatic heterocycles. The molecule has 0 aliphatic carbocycles. The van der Waals surface area contributed by atoms with Crippen molar-refractivity contribution in [2.45, 2.75) is 17.7 Å². The minimum Gasteiger partial charge on any atom is -0.497 e. The van der Waals surface area contributed by atoms with Crippen LogP contribution in [0.3, 0.4) is 0 Å². The molecule has 0 saturated carbocycles. The quantitative estimate of drug-likeness (QED) is 0.697. The zero-order valence-corrected chi connectivity index (χ0v) is 18.8. The fourth-order valence-electron chi connectivity index (χ4n) is 3.16. The number of likely N-dealkylation sites (N-methyl/N-ethyl adjacent to an activating group) is 1. The molecule has 1 aliphatic rings. The van der Waals surface area contributed by atoms with Gasteiger partial charge in [0.05, 0.1) is 12.0 Å². The van der Waals surface area contributed by atoms with Crippen molar-refractivity contribution in [3.8, 4) is 5.75 Å². The van der Waals surface area contributed by atoms with Crippen molar-refractivity contribution in [2.75, 3.05) is 45.7 Å². The summed E-state index contributed by atoms with van der Waals surface area (Å²) < 4.78 is 32.1. The summed E-state index contributed by atoms with van der Waals surface area (Å²) in [5.74, 6) is 0.667. The molecule has 1 fully saturated rings. The van der Waals surface area contributed by atoms with Crippen molar-refractivity contribution in [1.29, 1.82) is 0 Å². The first kappa shape index (κ1) is 24.1. The van der Waals surface area contributed by atoms with Gasteiger partial charge in [-0.3, -0.25) is 4.79 Å². The molecular weight excluding hydrogens is 426 g/mol. The lowest BCUT2D eigenvalue weighted by atomic mass is 10.1. The van der Waals surface area contributed by atoms with Gasteiger partial charge >= 0.3 is 0 Å². The van der Waals surface area contributed by atoms with Gasteiger partial charge in [0.2, 0.25) is 15.9 Å². The van der Waals surface area contributed by atoms with E-state index in [0.717, 1.165) is 24.4 Å². The minimum atomic E-state index is -3.50. The lowest BCUT2D eigenvalue weighted by Crippen LogP contribution is -2.46. The van der Waals surface area contributed by atoms with Crippen molar-refractivity contribution in [2.24, 2.45) is 0 Å². The molecule has 0 atom stereocenters. The molecule has 0 radical (unpaired) electrons. The van der Waals surface area contributed by atoms with Crippen LogP contribution in [0.5, 0.6) is 5.75 Å². The molecule has 2 aromatic rings. The summed E-state index contributed by atoms with van der Waals surface area (Å²) >= 11 is 0. The van der Waals surface area contributed by atoms with E-state index in [1.807, 2.05) is 31.3 Å². The van der Waals surface area contributed by atoms with Crippen molar-refractivity contribution >= 4 is 34.0 Å². The number of piperazine rings is 1. The van der Waals surface area contributed by atoms with E-state index in [1.165, 1.54) is 4.31 Å². The van der Waals surface area contributed by atoms with Gasteiger partial charge < -0.3 is 15.0 Å². The van der Waals surface area contributed by atoms with Gasteiger partial charge in [0.25, 0.3) is 0 Å². The maximum atomic E-state index is 12.7. The van der Waals surface area contributed by atoms with E-state index in [1.54, 1.807) is 31.4 Å². The number of hydrogen-bond donors (Lipinski definition) is 1. The van der Waals surface area contributed by atoms with Crippen molar-refractivity contribution < 1.29 is 17.9 Å². The summed E-state index contributed by atoms with van der Waals surface area (Å²) in [7, 11) is 0.0984. The van der Waals surface area contributed by atoms with E-state index in [-0.39, 0.29) is 23.2 Å². The van der Waals surface area contributed by atoms with Gasteiger partial charge in [0.1, 0.15) is 5.75 Å². The highest BCUT2D eigenvalue weighted by molar-refractivity contribution is 7.89. The number of benzene rings is 2. The Hall–Kier alpha value is -2.13. The standard InChI is InChI=1S/C21H27N3O4S.ClH/c1-23-13-15-24(16-14-23)29(26,27)20-10-6-18(7-11-20)22-21(25)12-5-17-3-8-19(28-2)9-4-17;/h3-4,6-11H,5,12-16H2,1-2H3,(H,22,25);1H. The Kier molecular flexibility index (Phi) is 8.66. The Morgan fingerprint density at radius 3 is 2.17 bits per heavy atom. The van der Waals surface area contributed by atoms with Gasteiger partial charge in [-0.1, -0.05) is 12.1 Å². The normalized spacial score (nSPS) is 15.3. The summed E-state index contributed by atoms with van der Waals surface area (Å²) in [6, 6.07) is 14.0. The van der Waals surface area contributed by atoms with Crippen LogP contribution < -0.4 is 10.1 Å². The molecule has 1 N–H and O–H groups in total. The number of carbonyl (C=O) groups is 1. The second kappa shape index (κ2) is 10.8. The number of methoxy groups -OCH3 is 1. The molecule has 1 aliphatic heterocycles. The van der Waals surface area contributed by atoms with Crippen LogP contribution in [-0.2, 0) is 21.2 Å². The predicted molar refractivity (Wildman–Crippen MR) is 120 cm³/mol. The van der Waals surface area contributed by atoms with Crippen LogP contribution >= 0.6 is 12.4 Å². The van der Waals surface area contributed by atoms with E-state index in [9.17, 15) is 13.2 Å². The zero-order valence-electron chi connectivity index (χ0n) is 17.2. The average molecular weight is 454 g/mol. The predicted octanol–water partition coefficient (Wildman–Crippen LogP) is 2.62. The molecule has 1 saturated heterocycles. The molecule has 9 heteroatoms. The number of aryl methyl sites for hydroxylation is 1. The first-order valence-corrected chi connectivity index (χ1v) is 11.0. The molecule has 0 bridgehead atoms. The third-order valence-electron chi connectivity index (χ3n) is 5.04. The molecule has 0 unspecified atom stereocenters. The van der Waals surface area contributed by atoms with Crippen LogP contribution in [0.25, 0.3) is 0 Å². The molecule has 164 valence electrons. The Bertz CT molecular complexity index is 926. The largest absolute Gasteiger partial charge is 0.497 e. The summed E-state index contributed by atoms with van der Waals surface area (Å²) in [6.45, 7) is 2.43. The number of hydrogen-bond acceptors (Lipinski definition) is 5. The number of rotatable bonds is 7. The van der Waals surface area contributed by atoms with E-state index in [0.29, 0.717) is 31.6 Å². The van der Waals surface area contributed by atoms with Crippen LogP contribution in [0.1, 0.15) is 12.0 Å². The average Bonchev–Trinajstić information content (AvgIpc) is 2.73. The fourth-order valence-corrected chi connectivity index (χ4v) is 4.58. The molecule has 30 heavy (non-hydrogen) atoms. The third-order valence-corrected chi connectivity index (χ3v) is 6.95. The summed E-state index contributed by atoms with van der Waals surface area (Å²) in [6.07, 6.45) is 0.958. The molecule has 1 heterocycles. The zero-order chi connectivity index (χ0) is 20.9. The molecule has 3 rings (SSSR count). The Morgan fingerprint density at radius 1 is 1.00 bits per heavy atom. The van der Waals surface area contributed by atoms with Crippen molar-refractivity contribution in [3.63, 3.8) is 0 Å². The van der Waals surface area contributed by atoms with Gasteiger partial charge in [-0.2, -0.15) is 4.31 Å². The number of amides is 1. The van der Waals surface area contributed by atoms with Crippen LogP contribution in [0.4, 0.5) is 5.69 Å². The van der Waals surface area contributed by atoms with Crippen molar-refractivity contribution in [3.05, 3.63) is 54.1 Å². The highest BCUT2D eigenvalue weighted by Gasteiger charge is 2.27. The maximum absolute atomic E-state index is 12.7. The van der Waals surface area contributed by atoms with E-state index in [4.69, 9.17) is 4.74 Å². The molecule has 0 spiro atoms. The Labute approximate surface area is 184 Å². The number of anilines is 1. The topological polar surface area (TPSA) is 78.9 Å². The lowest BCUT2D eigenvalue weighted by Gasteiger charge is -2.31. The number of ether oxygens (including phenoxy) is 1. The SMILES string of the molecule is COc1ccc(CCC(=O)Nc2ccc(S(=O)(=O)N3CCN(C)CC3)cc2)cc1.Cl. The number of carbonyl (C=O) groups excluding carboxylic acids is 1. The van der Waals surface area contributed by atoms with E-state index < -0.39 is 10.0 Å². The van der Waals surface area contributed by atoms with Gasteiger partial charge in [-0.05, 0) is 55.4 Å². The van der Waals surface area contributed by atoms with E-state index >= 15 is 0 Å². The van der Waals surface area contributed by atoms with Crippen LogP contribution in [0.15, 0.2) is 53.4 Å². The van der Waals surface area contributed by atoms with Gasteiger partial charge in [0, 0.05) is 38.3 Å². The first-order valence-electron chi connectivity index (χ1n) is 9.60. The maximum Gasteiger partial charge on any atom is 0.243 e. The third kappa shape index (κ3) is 6.18. The molecular formula is C21H28ClN3O4S. The summed E-state index contributed by atoms with van der Waals surface area (Å²) in [5, 5.41) is 2.82. The summed E-state index contributed by atoms with van der Waals surface area (Å²) in [5.41, 5.74) is 1.64. The smallest absolute Gasteiger partial charge is 0.243 e. The molecule has 7 nitrogen and oxygen atoms in total. The second-order valence-corrected chi connectivity index (χ2v) is 9.07. The second-order valence-electron chi connectivity index (χ2n) is 7.13. The highest BCUT2D eigenvalue weighted by atomic mass is 35.5. The lowest BCUT2D eigenvalue weighted by molar-refractivity contribution is -0.116. The van der Waals surface area contributed by atoms with E-state index in [2.05, 4.69) is 10.2 Å². The number of nitrogens with zero attached hydrogens (tertiary/aromatic N) is 2. The molecule has 1 amide bonds. The van der Waals surface area contributed by atoms with Crippen LogP contribution in [-0.4, -0.2) is 63.9 Å². The Morgan fingerprint density at radius 2 is 1.60 bits per heavy atom. The minimum absolute atomic E-state index is 0. The fraction of sp³-hybridized carbons (Fsp3) is 0.381. The highest BCUT2D eigenvalue weighted by Crippen LogP contribution is 2.20. The Balaban J connectivity index is 0.00000320. The van der Waals surface area contributed by atoms with Crippen LogP contribution in [0.2, 0.25) is 0 Å². The van der Waals surface area contributed by atoms with Crippen molar-refractivity contribution in [1.82, 2.24) is 9.21 Å². The number of nitrogens with one attached hydrogen (secondary N) is 1. The first-order chi connectivity index (χ1) is 13.9. The number of sulfonamides is 1. The summed E-state index contributed by atoms with van der Waals surface area (Å²) in [4.78, 5) is 14.6. The monoisotopic (exact) mass is 453 g/mol. The van der Waals surface area contributed by atoms with Gasteiger partial charge in [-0.15, -0.1) is 12.4 Å². The number of halogens is 1.